The van der Waals surface area contributed by atoms with Gasteiger partial charge in [0.15, 0.2) is 0 Å². The summed E-state index contributed by atoms with van der Waals surface area (Å²) >= 11 is 1.50. The third-order valence-electron chi connectivity index (χ3n) is 4.26. The first-order chi connectivity index (χ1) is 10.7. The molecule has 3 heterocycles. The van der Waals surface area contributed by atoms with E-state index in [4.69, 9.17) is 9.47 Å². The molecule has 2 aliphatic heterocycles. The van der Waals surface area contributed by atoms with Gasteiger partial charge in [0.05, 0.1) is 30.2 Å². The zero-order valence-corrected chi connectivity index (χ0v) is 13.3. The largest absolute Gasteiger partial charge is 0.383 e. The number of fused-ring (bicyclic) bond motifs is 1. The van der Waals surface area contributed by atoms with E-state index in [-0.39, 0.29) is 29.9 Å². The molecule has 2 fully saturated rings. The molecular weight excluding hydrogens is 304 g/mol. The Kier molecular flexibility index (Phi) is 4.75. The van der Waals surface area contributed by atoms with Crippen molar-refractivity contribution in [2.45, 2.75) is 18.6 Å². The summed E-state index contributed by atoms with van der Waals surface area (Å²) in [5, 5.41) is 6.59. The van der Waals surface area contributed by atoms with Crippen LogP contribution in [0.5, 0.6) is 0 Å². The molecule has 2 saturated heterocycles. The second kappa shape index (κ2) is 6.76. The molecule has 22 heavy (non-hydrogen) atoms. The molecule has 0 aromatic carbocycles. The van der Waals surface area contributed by atoms with Crippen LogP contribution in [0.3, 0.4) is 0 Å². The highest BCUT2D eigenvalue weighted by Crippen LogP contribution is 2.34. The lowest BCUT2D eigenvalue weighted by Gasteiger charge is -2.21. The van der Waals surface area contributed by atoms with Gasteiger partial charge in [-0.1, -0.05) is 0 Å². The van der Waals surface area contributed by atoms with E-state index in [1.165, 1.54) is 11.3 Å². The summed E-state index contributed by atoms with van der Waals surface area (Å²) in [6, 6.07) is 1.83. The van der Waals surface area contributed by atoms with Crippen molar-refractivity contribution in [3.63, 3.8) is 0 Å². The van der Waals surface area contributed by atoms with Crippen molar-refractivity contribution in [3.8, 4) is 0 Å². The predicted octanol–water partition coefficient (Wildman–Crippen LogP) is 0.740. The van der Waals surface area contributed by atoms with Crippen LogP contribution in [0.4, 0.5) is 0 Å². The molecular formula is C15H20N2O4S. The van der Waals surface area contributed by atoms with E-state index in [0.717, 1.165) is 6.42 Å². The standard InChI is InChI=1S/C15H20N2O4S/c1-20-6-4-16-14(18)11-8-17(12-2-5-21-13(11)12)15(19)10-3-7-22-9-10/h3,7,9,11-13H,2,4-6,8H2,1H3,(H,16,18)/t11-,12+,13+/m0/s1. The van der Waals surface area contributed by atoms with Gasteiger partial charge in [0.1, 0.15) is 0 Å². The number of methoxy groups -OCH3 is 1. The Balaban J connectivity index is 1.69. The molecule has 3 rings (SSSR count). The predicted molar refractivity (Wildman–Crippen MR) is 81.9 cm³/mol. The molecule has 0 spiro atoms. The van der Waals surface area contributed by atoms with Crippen LogP contribution in [0, 0.1) is 5.92 Å². The van der Waals surface area contributed by atoms with Crippen LogP contribution < -0.4 is 5.32 Å². The Bertz CT molecular complexity index is 534. The maximum Gasteiger partial charge on any atom is 0.255 e. The molecule has 3 atom stereocenters. The Labute approximate surface area is 133 Å². The number of likely N-dealkylation sites (tertiary alicyclic amines) is 1. The van der Waals surface area contributed by atoms with Crippen LogP contribution in [0.2, 0.25) is 0 Å². The highest BCUT2D eigenvalue weighted by molar-refractivity contribution is 7.08. The molecule has 2 amide bonds. The van der Waals surface area contributed by atoms with Crippen LogP contribution in [-0.2, 0) is 14.3 Å². The van der Waals surface area contributed by atoms with Crippen molar-refractivity contribution in [2.75, 3.05) is 33.4 Å². The van der Waals surface area contributed by atoms with Crippen molar-refractivity contribution in [3.05, 3.63) is 22.4 Å². The second-order valence-electron chi connectivity index (χ2n) is 5.55. The van der Waals surface area contributed by atoms with Crippen LogP contribution in [-0.4, -0.2) is 62.3 Å². The van der Waals surface area contributed by atoms with Crippen molar-refractivity contribution >= 4 is 23.2 Å². The zero-order chi connectivity index (χ0) is 15.5. The van der Waals surface area contributed by atoms with Crippen LogP contribution in [0.15, 0.2) is 16.8 Å². The smallest absolute Gasteiger partial charge is 0.255 e. The first-order valence-corrected chi connectivity index (χ1v) is 8.38. The van der Waals surface area contributed by atoms with E-state index in [0.29, 0.717) is 31.9 Å². The highest BCUT2D eigenvalue weighted by atomic mass is 32.1. The normalized spacial score (nSPS) is 27.0. The highest BCUT2D eigenvalue weighted by Gasteiger charge is 2.50. The number of amides is 2. The summed E-state index contributed by atoms with van der Waals surface area (Å²) in [6.07, 6.45) is 0.604. The average Bonchev–Trinajstić information content (AvgIpc) is 3.23. The maximum absolute atomic E-state index is 12.6. The molecule has 1 aromatic rings. The molecule has 0 saturated carbocycles. The minimum Gasteiger partial charge on any atom is -0.383 e. The summed E-state index contributed by atoms with van der Waals surface area (Å²) in [5.41, 5.74) is 0.691. The fourth-order valence-corrected chi connectivity index (χ4v) is 3.82. The first-order valence-electron chi connectivity index (χ1n) is 7.44. The van der Waals surface area contributed by atoms with Gasteiger partial charge in [-0.25, -0.2) is 0 Å². The lowest BCUT2D eigenvalue weighted by atomic mass is 10.0. The first kappa shape index (κ1) is 15.5. The topological polar surface area (TPSA) is 67.9 Å². The number of hydrogen-bond donors (Lipinski definition) is 1. The Morgan fingerprint density at radius 2 is 2.41 bits per heavy atom. The molecule has 0 aliphatic carbocycles. The summed E-state index contributed by atoms with van der Waals surface area (Å²) in [6.45, 7) is 1.97. The van der Waals surface area contributed by atoms with E-state index in [1.54, 1.807) is 12.0 Å². The second-order valence-corrected chi connectivity index (χ2v) is 6.33. The number of hydrogen-bond acceptors (Lipinski definition) is 5. The third kappa shape index (κ3) is 2.88. The summed E-state index contributed by atoms with van der Waals surface area (Å²) in [4.78, 5) is 26.7. The number of thiophene rings is 1. The fourth-order valence-electron chi connectivity index (χ4n) is 3.19. The minimum atomic E-state index is -0.299. The molecule has 6 nitrogen and oxygen atoms in total. The van der Waals surface area contributed by atoms with Crippen LogP contribution in [0.1, 0.15) is 16.8 Å². The Morgan fingerprint density at radius 1 is 1.55 bits per heavy atom. The van der Waals surface area contributed by atoms with Gasteiger partial charge in [-0.05, 0) is 17.9 Å². The van der Waals surface area contributed by atoms with Crippen molar-refractivity contribution in [1.29, 1.82) is 0 Å². The number of nitrogens with zero attached hydrogens (tertiary/aromatic N) is 1. The van der Waals surface area contributed by atoms with Gasteiger partial charge in [0.2, 0.25) is 5.91 Å². The average molecular weight is 324 g/mol. The summed E-state index contributed by atoms with van der Waals surface area (Å²) in [7, 11) is 1.60. The summed E-state index contributed by atoms with van der Waals surface area (Å²) in [5.74, 6) is -0.365. The monoisotopic (exact) mass is 324 g/mol. The molecule has 0 unspecified atom stereocenters. The van der Waals surface area contributed by atoms with Crippen molar-refractivity contribution in [1.82, 2.24) is 10.2 Å². The zero-order valence-electron chi connectivity index (χ0n) is 12.5. The van der Waals surface area contributed by atoms with E-state index < -0.39 is 0 Å². The third-order valence-corrected chi connectivity index (χ3v) is 4.95. The molecule has 0 bridgehead atoms. The van der Waals surface area contributed by atoms with Crippen molar-refractivity contribution in [2.24, 2.45) is 5.92 Å². The SMILES string of the molecule is COCCNC(=O)[C@H]1CN(C(=O)c2ccsc2)[C@@H]2CCO[C@H]12. The Morgan fingerprint density at radius 3 is 3.14 bits per heavy atom. The van der Waals surface area contributed by atoms with E-state index in [1.807, 2.05) is 16.8 Å². The van der Waals surface area contributed by atoms with Gasteiger partial charge >= 0.3 is 0 Å². The number of carbonyl (C=O) groups excluding carboxylic acids is 2. The molecule has 1 aromatic heterocycles. The maximum atomic E-state index is 12.6. The van der Waals surface area contributed by atoms with Gasteiger partial charge < -0.3 is 19.7 Å². The minimum absolute atomic E-state index is 0.00516. The lowest BCUT2D eigenvalue weighted by Crippen LogP contribution is -2.39. The van der Waals surface area contributed by atoms with Gasteiger partial charge in [0, 0.05) is 32.2 Å². The Hall–Kier alpha value is -1.44. The lowest BCUT2D eigenvalue weighted by molar-refractivity contribution is -0.127. The van der Waals surface area contributed by atoms with Gasteiger partial charge in [0.25, 0.3) is 5.91 Å². The van der Waals surface area contributed by atoms with Crippen molar-refractivity contribution < 1.29 is 19.1 Å². The van der Waals surface area contributed by atoms with Gasteiger partial charge in [-0.3, -0.25) is 9.59 Å². The quantitative estimate of drug-likeness (QED) is 0.811. The molecule has 0 radical (unpaired) electrons. The number of rotatable bonds is 5. The number of nitrogens with one attached hydrogen (secondary N) is 1. The number of ether oxygens (including phenoxy) is 2. The molecule has 120 valence electrons. The number of carbonyl (C=O) groups is 2. The van der Waals surface area contributed by atoms with Crippen LogP contribution in [0.25, 0.3) is 0 Å². The molecule has 2 aliphatic rings. The van der Waals surface area contributed by atoms with Crippen LogP contribution >= 0.6 is 11.3 Å². The summed E-state index contributed by atoms with van der Waals surface area (Å²) < 4.78 is 10.7. The molecule has 1 N–H and O–H groups in total. The van der Waals surface area contributed by atoms with E-state index in [9.17, 15) is 9.59 Å². The van der Waals surface area contributed by atoms with Gasteiger partial charge in [-0.2, -0.15) is 11.3 Å². The van der Waals surface area contributed by atoms with E-state index >= 15 is 0 Å². The molecule has 7 heteroatoms. The fraction of sp³-hybridized carbons (Fsp3) is 0.600. The van der Waals surface area contributed by atoms with E-state index in [2.05, 4.69) is 5.32 Å². The van der Waals surface area contributed by atoms with Gasteiger partial charge in [-0.15, -0.1) is 0 Å².